The number of halogens is 2. The lowest BCUT2D eigenvalue weighted by atomic mass is 10.1. The molecular weight excluding hydrogens is 429 g/mol. The fourth-order valence-corrected chi connectivity index (χ4v) is 4.24. The van der Waals surface area contributed by atoms with Crippen LogP contribution in [-0.2, 0) is 12.3 Å². The topological polar surface area (TPSA) is 71.8 Å². The molecule has 2 aromatic carbocycles. The molecule has 0 aliphatic carbocycles. The van der Waals surface area contributed by atoms with Gasteiger partial charge in [0.15, 0.2) is 11.0 Å². The highest BCUT2D eigenvalue weighted by Gasteiger charge is 2.18. The maximum absolute atomic E-state index is 11.8. The number of aryl methyl sites for hydroxylation is 1. The third-order valence-corrected chi connectivity index (χ3v) is 5.73. The highest BCUT2D eigenvalue weighted by molar-refractivity contribution is 7.98. The molecular formula is C20H21Cl2N5OS. The molecule has 9 heteroatoms. The van der Waals surface area contributed by atoms with Crippen molar-refractivity contribution in [3.05, 3.63) is 69.5 Å². The number of nitrogens with one attached hydrogen (secondary N) is 2. The molecule has 0 aliphatic heterocycles. The summed E-state index contributed by atoms with van der Waals surface area (Å²) in [6, 6.07) is 13.2. The van der Waals surface area contributed by atoms with Crippen LogP contribution in [0.15, 0.2) is 47.6 Å². The average Bonchev–Trinajstić information content (AvgIpc) is 3.09. The second kappa shape index (κ2) is 10.0. The Kier molecular flexibility index (Phi) is 7.41. The van der Waals surface area contributed by atoms with Crippen LogP contribution in [0.2, 0.25) is 10.0 Å². The zero-order chi connectivity index (χ0) is 20.8. The zero-order valence-electron chi connectivity index (χ0n) is 16.1. The van der Waals surface area contributed by atoms with Crippen LogP contribution in [0.3, 0.4) is 0 Å². The van der Waals surface area contributed by atoms with Gasteiger partial charge in [-0.15, -0.1) is 10.2 Å². The molecule has 0 bridgehead atoms. The summed E-state index contributed by atoms with van der Waals surface area (Å²) in [6.07, 6.45) is 0. The van der Waals surface area contributed by atoms with E-state index < -0.39 is 0 Å². The average molecular weight is 450 g/mol. The van der Waals surface area contributed by atoms with Gasteiger partial charge in [0.2, 0.25) is 0 Å². The number of carbonyl (C=O) groups excluding carboxylic acids is 1. The van der Waals surface area contributed by atoms with Crippen molar-refractivity contribution in [2.24, 2.45) is 0 Å². The highest BCUT2D eigenvalue weighted by Crippen LogP contribution is 2.31. The van der Waals surface area contributed by atoms with Crippen molar-refractivity contribution in [3.8, 4) is 5.69 Å². The van der Waals surface area contributed by atoms with Crippen LogP contribution in [0.25, 0.3) is 5.69 Å². The van der Waals surface area contributed by atoms with Crippen LogP contribution in [0.1, 0.15) is 23.9 Å². The summed E-state index contributed by atoms with van der Waals surface area (Å²) in [6.45, 7) is 4.69. The van der Waals surface area contributed by atoms with Gasteiger partial charge in [0.25, 0.3) is 0 Å². The van der Waals surface area contributed by atoms with E-state index in [2.05, 4.69) is 39.9 Å². The van der Waals surface area contributed by atoms with Gasteiger partial charge in [-0.1, -0.05) is 59.2 Å². The Bertz CT molecular complexity index is 1010. The van der Waals surface area contributed by atoms with Crippen molar-refractivity contribution in [1.29, 1.82) is 0 Å². The van der Waals surface area contributed by atoms with Gasteiger partial charge in [-0.05, 0) is 43.2 Å². The van der Waals surface area contributed by atoms with Gasteiger partial charge in [-0.2, -0.15) is 0 Å². The van der Waals surface area contributed by atoms with E-state index >= 15 is 0 Å². The number of thioether (sulfide) groups is 1. The van der Waals surface area contributed by atoms with Crippen molar-refractivity contribution >= 4 is 41.0 Å². The van der Waals surface area contributed by atoms with Gasteiger partial charge < -0.3 is 10.6 Å². The smallest absolute Gasteiger partial charge is 0.315 e. The first-order chi connectivity index (χ1) is 14.0. The van der Waals surface area contributed by atoms with E-state index in [0.717, 1.165) is 5.75 Å². The lowest BCUT2D eigenvalue weighted by Gasteiger charge is -2.13. The first kappa shape index (κ1) is 21.5. The predicted octanol–water partition coefficient (Wildman–Crippen LogP) is 4.99. The van der Waals surface area contributed by atoms with E-state index in [1.165, 1.54) is 11.1 Å². The maximum atomic E-state index is 11.8. The number of amides is 2. The van der Waals surface area contributed by atoms with Crippen molar-refractivity contribution in [2.75, 3.05) is 6.54 Å². The quantitative estimate of drug-likeness (QED) is 0.498. The zero-order valence-corrected chi connectivity index (χ0v) is 18.4. The molecule has 3 aromatic rings. The summed E-state index contributed by atoms with van der Waals surface area (Å²) in [5, 5.41) is 15.8. The van der Waals surface area contributed by atoms with E-state index in [1.807, 2.05) is 29.7 Å². The Morgan fingerprint density at radius 3 is 2.66 bits per heavy atom. The van der Waals surface area contributed by atoms with Crippen LogP contribution in [-0.4, -0.2) is 27.3 Å². The Labute approximate surface area is 184 Å². The number of hydrogen-bond donors (Lipinski definition) is 2. The van der Waals surface area contributed by atoms with Gasteiger partial charge in [0.1, 0.15) is 0 Å². The fraction of sp³-hybridized carbons (Fsp3) is 0.250. The number of rotatable bonds is 7. The maximum Gasteiger partial charge on any atom is 0.315 e. The van der Waals surface area contributed by atoms with Crippen LogP contribution >= 0.6 is 35.0 Å². The second-order valence-corrected chi connectivity index (χ2v) is 8.04. The Hall–Kier alpha value is -2.22. The normalized spacial score (nSPS) is 10.8. The van der Waals surface area contributed by atoms with Gasteiger partial charge in [-0.3, -0.25) is 4.57 Å². The van der Waals surface area contributed by atoms with Crippen LogP contribution < -0.4 is 10.6 Å². The largest absolute Gasteiger partial charge is 0.338 e. The number of benzene rings is 2. The van der Waals surface area contributed by atoms with Gasteiger partial charge in [0, 0.05) is 17.3 Å². The summed E-state index contributed by atoms with van der Waals surface area (Å²) in [5.74, 6) is 1.31. The lowest BCUT2D eigenvalue weighted by molar-refractivity contribution is 0.240. The van der Waals surface area contributed by atoms with Gasteiger partial charge in [-0.25, -0.2) is 4.79 Å². The number of carbonyl (C=O) groups is 1. The SMILES string of the molecule is CCNC(=O)NCc1nnc(SCc2ccccc2C)n1-c1ccc(Cl)cc1Cl. The first-order valence-electron chi connectivity index (χ1n) is 9.08. The molecule has 0 fully saturated rings. The Morgan fingerprint density at radius 1 is 1.14 bits per heavy atom. The van der Waals surface area contributed by atoms with E-state index in [9.17, 15) is 4.79 Å². The molecule has 6 nitrogen and oxygen atoms in total. The van der Waals surface area contributed by atoms with Crippen molar-refractivity contribution in [1.82, 2.24) is 25.4 Å². The molecule has 1 aromatic heterocycles. The van der Waals surface area contributed by atoms with E-state index in [1.54, 1.807) is 23.9 Å². The van der Waals surface area contributed by atoms with Crippen molar-refractivity contribution < 1.29 is 4.79 Å². The summed E-state index contributed by atoms with van der Waals surface area (Å²) in [7, 11) is 0. The van der Waals surface area contributed by atoms with Crippen molar-refractivity contribution in [3.63, 3.8) is 0 Å². The van der Waals surface area contributed by atoms with Gasteiger partial charge >= 0.3 is 6.03 Å². The number of hydrogen-bond acceptors (Lipinski definition) is 4. The molecule has 29 heavy (non-hydrogen) atoms. The minimum atomic E-state index is -0.265. The number of nitrogens with zero attached hydrogens (tertiary/aromatic N) is 3. The number of urea groups is 1. The summed E-state index contributed by atoms with van der Waals surface area (Å²) in [4.78, 5) is 11.8. The molecule has 3 rings (SSSR count). The molecule has 152 valence electrons. The molecule has 1 heterocycles. The molecule has 0 saturated carbocycles. The van der Waals surface area contributed by atoms with Crippen LogP contribution in [0.5, 0.6) is 0 Å². The van der Waals surface area contributed by atoms with Crippen LogP contribution in [0, 0.1) is 6.92 Å². The second-order valence-electron chi connectivity index (χ2n) is 6.26. The molecule has 2 N–H and O–H groups in total. The Morgan fingerprint density at radius 2 is 1.93 bits per heavy atom. The summed E-state index contributed by atoms with van der Waals surface area (Å²) >= 11 is 14.1. The van der Waals surface area contributed by atoms with E-state index in [4.69, 9.17) is 23.2 Å². The molecule has 0 aliphatic rings. The third-order valence-electron chi connectivity index (χ3n) is 4.21. The minimum absolute atomic E-state index is 0.211. The molecule has 0 atom stereocenters. The first-order valence-corrected chi connectivity index (χ1v) is 10.8. The standard InChI is InChI=1S/C20H21Cl2N5OS/c1-3-23-19(28)24-11-18-25-26-20(29-12-14-7-5-4-6-13(14)2)27(18)17-9-8-15(21)10-16(17)22/h4-10H,3,11-12H2,1-2H3,(H2,23,24,28). The minimum Gasteiger partial charge on any atom is -0.338 e. The van der Waals surface area contributed by atoms with Crippen LogP contribution in [0.4, 0.5) is 4.79 Å². The monoisotopic (exact) mass is 449 g/mol. The lowest BCUT2D eigenvalue weighted by Crippen LogP contribution is -2.35. The number of aromatic nitrogens is 3. The van der Waals surface area contributed by atoms with E-state index in [0.29, 0.717) is 33.3 Å². The molecule has 0 radical (unpaired) electrons. The molecule has 0 saturated heterocycles. The summed E-state index contributed by atoms with van der Waals surface area (Å²) < 4.78 is 1.85. The van der Waals surface area contributed by atoms with Crippen molar-refractivity contribution in [2.45, 2.75) is 31.3 Å². The van der Waals surface area contributed by atoms with E-state index in [-0.39, 0.29) is 12.6 Å². The fourth-order valence-electron chi connectivity index (χ4n) is 2.71. The molecule has 0 unspecified atom stereocenters. The molecule has 0 spiro atoms. The Balaban J connectivity index is 1.91. The molecule has 2 amide bonds. The summed E-state index contributed by atoms with van der Waals surface area (Å²) in [5.41, 5.74) is 3.14. The predicted molar refractivity (Wildman–Crippen MR) is 118 cm³/mol. The van der Waals surface area contributed by atoms with Gasteiger partial charge in [0.05, 0.1) is 17.3 Å². The highest BCUT2D eigenvalue weighted by atomic mass is 35.5. The third kappa shape index (κ3) is 5.44.